The van der Waals surface area contributed by atoms with Gasteiger partial charge in [-0.3, -0.25) is 0 Å². The van der Waals surface area contributed by atoms with E-state index in [9.17, 15) is 9.90 Å². The maximum Gasteiger partial charge on any atom is 0.369 e. The first-order chi connectivity index (χ1) is 11.6. The minimum Gasteiger partial charge on any atom is -0.477 e. The number of carboxylic acids is 1. The molecule has 0 amide bonds. The molecule has 0 bridgehead atoms. The summed E-state index contributed by atoms with van der Waals surface area (Å²) in [5.74, 6) is 0.300. The fourth-order valence-corrected chi connectivity index (χ4v) is 3.62. The molecule has 0 aromatic rings. The van der Waals surface area contributed by atoms with Gasteiger partial charge in [0.15, 0.2) is 12.8 Å². The van der Waals surface area contributed by atoms with Gasteiger partial charge in [-0.2, -0.15) is 4.58 Å². The zero-order valence-electron chi connectivity index (χ0n) is 15.7. The predicted molar refractivity (Wildman–Crippen MR) is 96.6 cm³/mol. The highest BCUT2D eigenvalue weighted by Gasteiger charge is 2.38. The molecule has 0 aromatic carbocycles. The standard InChI is InChI=1S/C19H36N2O3/c1-3-4-5-6-7-8-9-10-11-12-13-18-20(16-19(23)24)14-15-21(18)17(2)22/h17,22H,3-16H2,1-2H3/p+2. The van der Waals surface area contributed by atoms with Crippen LogP contribution in [-0.2, 0) is 4.79 Å². The van der Waals surface area contributed by atoms with Crippen LogP contribution < -0.4 is 4.90 Å². The highest BCUT2D eigenvalue weighted by Crippen LogP contribution is 2.11. The third-order valence-electron chi connectivity index (χ3n) is 5.00. The molecular weight excluding hydrogens is 304 g/mol. The lowest BCUT2D eigenvalue weighted by Crippen LogP contribution is -3.17. The normalized spacial score (nSPS) is 19.0. The fourth-order valence-electron chi connectivity index (χ4n) is 3.62. The van der Waals surface area contributed by atoms with Gasteiger partial charge < -0.3 is 10.2 Å². The molecule has 2 unspecified atom stereocenters. The molecule has 0 spiro atoms. The van der Waals surface area contributed by atoms with E-state index in [0.29, 0.717) is 0 Å². The monoisotopic (exact) mass is 342 g/mol. The zero-order valence-corrected chi connectivity index (χ0v) is 15.7. The Morgan fingerprint density at radius 2 is 1.62 bits per heavy atom. The lowest BCUT2D eigenvalue weighted by atomic mass is 10.1. The number of carboxylic acid groups (broad SMARTS) is 1. The summed E-state index contributed by atoms with van der Waals surface area (Å²) in [6.07, 6.45) is 13.5. The Morgan fingerprint density at radius 3 is 2.12 bits per heavy atom. The van der Waals surface area contributed by atoms with Gasteiger partial charge in [-0.25, -0.2) is 9.69 Å². The van der Waals surface area contributed by atoms with Crippen LogP contribution in [0.2, 0.25) is 0 Å². The van der Waals surface area contributed by atoms with Crippen LogP contribution in [0.3, 0.4) is 0 Å². The van der Waals surface area contributed by atoms with Crippen molar-refractivity contribution in [1.82, 2.24) is 0 Å². The first-order valence-corrected chi connectivity index (χ1v) is 9.93. The molecule has 0 fully saturated rings. The maximum atomic E-state index is 11.0. The number of aliphatic hydroxyl groups excluding tert-OH is 1. The summed E-state index contributed by atoms with van der Waals surface area (Å²) in [6, 6.07) is 0. The van der Waals surface area contributed by atoms with E-state index >= 15 is 0 Å². The van der Waals surface area contributed by atoms with E-state index in [1.807, 2.05) is 4.58 Å². The molecule has 5 nitrogen and oxygen atoms in total. The number of nitrogens with zero attached hydrogens (tertiary/aromatic N) is 1. The molecule has 5 heteroatoms. The van der Waals surface area contributed by atoms with Crippen molar-refractivity contribution in [2.45, 2.75) is 90.7 Å². The highest BCUT2D eigenvalue weighted by atomic mass is 16.4. The first-order valence-electron chi connectivity index (χ1n) is 9.93. The first kappa shape index (κ1) is 21.1. The second-order valence-electron chi connectivity index (χ2n) is 7.15. The number of aliphatic carboxylic acids is 1. The molecule has 140 valence electrons. The van der Waals surface area contributed by atoms with Crippen molar-refractivity contribution < 1.29 is 24.5 Å². The van der Waals surface area contributed by atoms with E-state index in [1.54, 1.807) is 6.92 Å². The van der Waals surface area contributed by atoms with Crippen molar-refractivity contribution in [3.63, 3.8) is 0 Å². The molecule has 1 aliphatic rings. The number of rotatable bonds is 14. The SMILES string of the molecule is CCCCCCCCCCCCC1=[N+](CC(=O)O)CC[NH+]1C(C)O. The summed E-state index contributed by atoms with van der Waals surface area (Å²) in [5.41, 5.74) is 0. The largest absolute Gasteiger partial charge is 0.477 e. The van der Waals surface area contributed by atoms with Gasteiger partial charge in [-0.15, -0.1) is 0 Å². The van der Waals surface area contributed by atoms with Crippen LogP contribution in [0.1, 0.15) is 84.5 Å². The number of amidine groups is 1. The van der Waals surface area contributed by atoms with Crippen LogP contribution in [0.15, 0.2) is 0 Å². The average molecular weight is 343 g/mol. The summed E-state index contributed by atoms with van der Waals surface area (Å²) in [5, 5.41) is 18.9. The number of quaternary nitrogens is 1. The van der Waals surface area contributed by atoms with Crippen molar-refractivity contribution in [2.24, 2.45) is 0 Å². The molecule has 1 aliphatic heterocycles. The van der Waals surface area contributed by atoms with Gasteiger partial charge in [0.05, 0.1) is 6.42 Å². The minimum atomic E-state index is -0.789. The van der Waals surface area contributed by atoms with E-state index in [4.69, 9.17) is 5.11 Å². The summed E-state index contributed by atoms with van der Waals surface area (Å²) >= 11 is 0. The van der Waals surface area contributed by atoms with Crippen LogP contribution in [0.25, 0.3) is 0 Å². The average Bonchev–Trinajstić information content (AvgIpc) is 2.91. The molecule has 0 aliphatic carbocycles. The number of nitrogens with one attached hydrogen (secondary N) is 1. The van der Waals surface area contributed by atoms with Crippen molar-refractivity contribution in [3.05, 3.63) is 0 Å². The van der Waals surface area contributed by atoms with Crippen molar-refractivity contribution in [1.29, 1.82) is 0 Å². The Morgan fingerprint density at radius 1 is 1.08 bits per heavy atom. The predicted octanol–water partition coefficient (Wildman–Crippen LogP) is 2.03. The molecule has 0 aromatic heterocycles. The van der Waals surface area contributed by atoms with Gasteiger partial charge in [-0.05, 0) is 6.42 Å². The Labute approximate surface area is 147 Å². The van der Waals surface area contributed by atoms with Gasteiger partial charge >= 0.3 is 11.8 Å². The van der Waals surface area contributed by atoms with Gasteiger partial charge in [0.2, 0.25) is 6.54 Å². The Hall–Kier alpha value is -0.940. The Bertz CT molecular complexity index is 394. The van der Waals surface area contributed by atoms with Gasteiger partial charge in [0.25, 0.3) is 0 Å². The number of hydrogen-bond donors (Lipinski definition) is 3. The van der Waals surface area contributed by atoms with Crippen LogP contribution in [-0.4, -0.2) is 52.5 Å². The molecule has 3 N–H and O–H groups in total. The highest BCUT2D eigenvalue weighted by molar-refractivity contribution is 5.72. The number of unbranched alkanes of at least 4 members (excludes halogenated alkanes) is 9. The summed E-state index contributed by atoms with van der Waals surface area (Å²) < 4.78 is 1.94. The van der Waals surface area contributed by atoms with Crippen LogP contribution in [0.5, 0.6) is 0 Å². The van der Waals surface area contributed by atoms with Gasteiger partial charge in [-0.1, -0.05) is 64.7 Å². The van der Waals surface area contributed by atoms with Crippen molar-refractivity contribution in [2.75, 3.05) is 19.6 Å². The molecule has 1 rings (SSSR count). The second-order valence-corrected chi connectivity index (χ2v) is 7.15. The third kappa shape index (κ3) is 8.25. The van der Waals surface area contributed by atoms with Crippen LogP contribution in [0.4, 0.5) is 0 Å². The summed E-state index contributed by atoms with van der Waals surface area (Å²) in [4.78, 5) is 12.0. The fraction of sp³-hybridized carbons (Fsp3) is 0.895. The van der Waals surface area contributed by atoms with Gasteiger partial charge in [0.1, 0.15) is 6.54 Å². The van der Waals surface area contributed by atoms with E-state index in [2.05, 4.69) is 6.92 Å². The van der Waals surface area contributed by atoms with E-state index in [-0.39, 0.29) is 6.54 Å². The number of hydrogen-bond acceptors (Lipinski definition) is 2. The molecule has 0 radical (unpaired) electrons. The molecule has 24 heavy (non-hydrogen) atoms. The maximum absolute atomic E-state index is 11.0. The zero-order chi connectivity index (χ0) is 17.8. The quantitative estimate of drug-likeness (QED) is 0.334. The summed E-state index contributed by atoms with van der Waals surface area (Å²) in [7, 11) is 0. The van der Waals surface area contributed by atoms with E-state index in [1.165, 1.54) is 57.8 Å². The molecule has 0 saturated carbocycles. The lowest BCUT2D eigenvalue weighted by Gasteiger charge is -2.13. The number of aliphatic hydroxyl groups is 1. The smallest absolute Gasteiger partial charge is 0.369 e. The van der Waals surface area contributed by atoms with Crippen molar-refractivity contribution in [3.8, 4) is 0 Å². The molecular formula is C19H38N2O3+2. The second kappa shape index (κ2) is 12.4. The number of carbonyl (C=O) groups is 1. The minimum absolute atomic E-state index is 0.0588. The van der Waals surface area contributed by atoms with E-state index in [0.717, 1.165) is 36.7 Å². The third-order valence-corrected chi connectivity index (χ3v) is 5.00. The van der Waals surface area contributed by atoms with Crippen molar-refractivity contribution >= 4 is 11.8 Å². The lowest BCUT2D eigenvalue weighted by molar-refractivity contribution is -0.856. The molecule has 1 heterocycles. The van der Waals surface area contributed by atoms with E-state index < -0.39 is 12.2 Å². The molecule has 2 atom stereocenters. The summed E-state index contributed by atoms with van der Waals surface area (Å²) in [6.45, 7) is 5.64. The van der Waals surface area contributed by atoms with Crippen LogP contribution in [0, 0.1) is 0 Å². The topological polar surface area (TPSA) is 65.0 Å². The Balaban J connectivity index is 2.22. The molecule has 0 saturated heterocycles. The van der Waals surface area contributed by atoms with Gasteiger partial charge in [0, 0.05) is 6.92 Å². The Kier molecular flexibility index (Phi) is 10.9. The van der Waals surface area contributed by atoms with Crippen LogP contribution >= 0.6 is 0 Å².